The van der Waals surface area contributed by atoms with Gasteiger partial charge in [-0.3, -0.25) is 9.78 Å². The summed E-state index contributed by atoms with van der Waals surface area (Å²) in [6, 6.07) is 9.05. The van der Waals surface area contributed by atoms with Crippen LogP contribution in [0.25, 0.3) is 11.3 Å². The molecule has 0 saturated carbocycles. The van der Waals surface area contributed by atoms with Crippen molar-refractivity contribution >= 4 is 17.7 Å². The zero-order chi connectivity index (χ0) is 14.5. The lowest BCUT2D eigenvalue weighted by Gasteiger charge is -2.08. The smallest absolute Gasteiger partial charge is 0.316 e. The summed E-state index contributed by atoms with van der Waals surface area (Å²) in [6.07, 6.45) is 3.33. The quantitative estimate of drug-likeness (QED) is 0.869. The van der Waals surface area contributed by atoms with E-state index < -0.39 is 11.2 Å². The number of aliphatic carboxylic acids is 1. The number of nitrogens with zero attached hydrogens (tertiary/aromatic N) is 3. The van der Waals surface area contributed by atoms with Crippen LogP contribution >= 0.6 is 11.8 Å². The molecule has 6 heteroatoms. The molecular weight excluding hydrogens is 274 g/mol. The van der Waals surface area contributed by atoms with Crippen LogP contribution in [-0.2, 0) is 4.79 Å². The van der Waals surface area contributed by atoms with Gasteiger partial charge in [-0.05, 0) is 31.2 Å². The number of carboxylic acid groups (broad SMARTS) is 1. The molecule has 1 N–H and O–H groups in total. The number of carbonyl (C=O) groups is 1. The molecule has 2 aromatic rings. The molecule has 0 spiro atoms. The molecule has 0 aliphatic heterocycles. The van der Waals surface area contributed by atoms with Gasteiger partial charge in [-0.1, -0.05) is 11.8 Å². The maximum atomic E-state index is 10.9. The third-order valence-electron chi connectivity index (χ3n) is 2.57. The molecule has 100 valence electrons. The predicted molar refractivity (Wildman–Crippen MR) is 75.1 cm³/mol. The summed E-state index contributed by atoms with van der Waals surface area (Å²) in [6.45, 7) is 1.56. The minimum atomic E-state index is -0.938. The number of rotatable bonds is 4. The monoisotopic (exact) mass is 285 g/mol. The third-order valence-corrected chi connectivity index (χ3v) is 3.66. The summed E-state index contributed by atoms with van der Waals surface area (Å²) >= 11 is 1.06. The van der Waals surface area contributed by atoms with Crippen molar-refractivity contribution in [2.75, 3.05) is 0 Å². The molecule has 2 heterocycles. The van der Waals surface area contributed by atoms with Gasteiger partial charge in [-0.2, -0.15) is 5.26 Å². The predicted octanol–water partition coefficient (Wildman–Crippen LogP) is 2.58. The van der Waals surface area contributed by atoms with E-state index >= 15 is 0 Å². The molecule has 0 aromatic carbocycles. The summed E-state index contributed by atoms with van der Waals surface area (Å²) in [7, 11) is 0. The van der Waals surface area contributed by atoms with Crippen LogP contribution in [0.15, 0.2) is 41.7 Å². The van der Waals surface area contributed by atoms with Crippen molar-refractivity contribution in [3.05, 3.63) is 42.2 Å². The van der Waals surface area contributed by atoms with Crippen LogP contribution < -0.4 is 0 Å². The van der Waals surface area contributed by atoms with Gasteiger partial charge < -0.3 is 5.11 Å². The third kappa shape index (κ3) is 3.13. The SMILES string of the molecule is CC(Sc1nc(-c2cccnc2)ccc1C#N)C(=O)O. The molecule has 1 atom stereocenters. The number of pyridine rings is 2. The van der Waals surface area contributed by atoms with Crippen LogP contribution in [0.5, 0.6) is 0 Å². The van der Waals surface area contributed by atoms with Crippen LogP contribution in [0.3, 0.4) is 0 Å². The highest BCUT2D eigenvalue weighted by molar-refractivity contribution is 8.00. The number of hydrogen-bond donors (Lipinski definition) is 1. The Bertz CT molecular complexity index is 668. The Balaban J connectivity index is 2.40. The fraction of sp³-hybridized carbons (Fsp3) is 0.143. The normalized spacial score (nSPS) is 11.6. The molecule has 0 aliphatic rings. The van der Waals surface area contributed by atoms with Crippen molar-refractivity contribution in [1.29, 1.82) is 5.26 Å². The Hall–Kier alpha value is -2.39. The van der Waals surface area contributed by atoms with Gasteiger partial charge >= 0.3 is 5.97 Å². The minimum absolute atomic E-state index is 0.371. The molecule has 1 unspecified atom stereocenters. The average Bonchev–Trinajstić information content (AvgIpc) is 2.48. The van der Waals surface area contributed by atoms with E-state index in [0.717, 1.165) is 17.3 Å². The van der Waals surface area contributed by atoms with E-state index in [1.54, 1.807) is 37.5 Å². The van der Waals surface area contributed by atoms with Crippen molar-refractivity contribution < 1.29 is 9.90 Å². The number of thioether (sulfide) groups is 1. The first-order valence-corrected chi connectivity index (χ1v) is 6.71. The van der Waals surface area contributed by atoms with E-state index in [4.69, 9.17) is 10.4 Å². The maximum absolute atomic E-state index is 10.9. The van der Waals surface area contributed by atoms with E-state index in [9.17, 15) is 4.79 Å². The number of hydrogen-bond acceptors (Lipinski definition) is 5. The van der Waals surface area contributed by atoms with Crippen LogP contribution in [0.1, 0.15) is 12.5 Å². The van der Waals surface area contributed by atoms with E-state index in [-0.39, 0.29) is 0 Å². The van der Waals surface area contributed by atoms with E-state index in [1.165, 1.54) is 0 Å². The summed E-state index contributed by atoms with van der Waals surface area (Å²) in [5.74, 6) is -0.938. The van der Waals surface area contributed by atoms with Gasteiger partial charge in [0.15, 0.2) is 0 Å². The molecule has 5 nitrogen and oxygen atoms in total. The van der Waals surface area contributed by atoms with Crippen molar-refractivity contribution in [3.8, 4) is 17.3 Å². The molecule has 2 aromatic heterocycles. The first kappa shape index (κ1) is 14.0. The van der Waals surface area contributed by atoms with E-state index in [0.29, 0.717) is 16.3 Å². The lowest BCUT2D eigenvalue weighted by atomic mass is 10.2. The highest BCUT2D eigenvalue weighted by Gasteiger charge is 2.16. The summed E-state index contributed by atoms with van der Waals surface area (Å²) in [4.78, 5) is 19.3. The van der Waals surface area contributed by atoms with Crippen LogP contribution in [0.2, 0.25) is 0 Å². The van der Waals surface area contributed by atoms with Crippen molar-refractivity contribution in [2.24, 2.45) is 0 Å². The van der Waals surface area contributed by atoms with Gasteiger partial charge in [0.25, 0.3) is 0 Å². The molecule has 0 aliphatic carbocycles. The molecule has 0 fully saturated rings. The largest absolute Gasteiger partial charge is 0.480 e. The van der Waals surface area contributed by atoms with Gasteiger partial charge in [0.1, 0.15) is 16.3 Å². The molecular formula is C14H11N3O2S. The fourth-order valence-corrected chi connectivity index (χ4v) is 2.34. The van der Waals surface area contributed by atoms with Crippen LogP contribution in [0.4, 0.5) is 0 Å². The van der Waals surface area contributed by atoms with Crippen molar-refractivity contribution in [2.45, 2.75) is 17.2 Å². The maximum Gasteiger partial charge on any atom is 0.316 e. The van der Waals surface area contributed by atoms with Gasteiger partial charge in [0.05, 0.1) is 11.3 Å². The zero-order valence-electron chi connectivity index (χ0n) is 10.6. The second-order valence-electron chi connectivity index (χ2n) is 4.00. The van der Waals surface area contributed by atoms with Crippen LogP contribution in [0, 0.1) is 11.3 Å². The molecule has 0 saturated heterocycles. The number of carboxylic acids is 1. The number of aromatic nitrogens is 2. The van der Waals surface area contributed by atoms with Crippen molar-refractivity contribution in [3.63, 3.8) is 0 Å². The molecule has 0 radical (unpaired) electrons. The Kier molecular flexibility index (Phi) is 4.33. The minimum Gasteiger partial charge on any atom is -0.480 e. The van der Waals surface area contributed by atoms with Gasteiger partial charge in [-0.15, -0.1) is 0 Å². The highest BCUT2D eigenvalue weighted by atomic mass is 32.2. The first-order chi connectivity index (χ1) is 9.61. The second kappa shape index (κ2) is 6.17. The Morgan fingerprint density at radius 1 is 1.45 bits per heavy atom. The van der Waals surface area contributed by atoms with Gasteiger partial charge in [0.2, 0.25) is 0 Å². The van der Waals surface area contributed by atoms with Gasteiger partial charge in [0, 0.05) is 18.0 Å². The fourth-order valence-electron chi connectivity index (χ4n) is 1.51. The summed E-state index contributed by atoms with van der Waals surface area (Å²) in [5, 5.41) is 17.8. The van der Waals surface area contributed by atoms with Gasteiger partial charge in [-0.25, -0.2) is 4.98 Å². The lowest BCUT2D eigenvalue weighted by Crippen LogP contribution is -2.12. The second-order valence-corrected chi connectivity index (χ2v) is 5.33. The average molecular weight is 285 g/mol. The Morgan fingerprint density at radius 2 is 2.25 bits per heavy atom. The summed E-state index contributed by atoms with van der Waals surface area (Å²) < 4.78 is 0. The topological polar surface area (TPSA) is 86.9 Å². The van der Waals surface area contributed by atoms with E-state index in [2.05, 4.69) is 9.97 Å². The molecule has 0 bridgehead atoms. The zero-order valence-corrected chi connectivity index (χ0v) is 11.5. The standard InChI is InChI=1S/C14H11N3O2S/c1-9(14(18)19)20-13-10(7-15)4-5-12(17-13)11-3-2-6-16-8-11/h2-6,8-9H,1H3,(H,18,19). The number of nitriles is 1. The molecule has 2 rings (SSSR count). The summed E-state index contributed by atoms with van der Waals surface area (Å²) in [5.41, 5.74) is 1.86. The van der Waals surface area contributed by atoms with Crippen molar-refractivity contribution in [1.82, 2.24) is 9.97 Å². The molecule has 0 amide bonds. The first-order valence-electron chi connectivity index (χ1n) is 5.83. The Labute approximate surface area is 120 Å². The molecule has 20 heavy (non-hydrogen) atoms. The van der Waals surface area contributed by atoms with E-state index in [1.807, 2.05) is 12.1 Å². The Morgan fingerprint density at radius 3 is 2.85 bits per heavy atom. The lowest BCUT2D eigenvalue weighted by molar-refractivity contribution is -0.136. The van der Waals surface area contributed by atoms with Crippen LogP contribution in [-0.4, -0.2) is 26.3 Å². The highest BCUT2D eigenvalue weighted by Crippen LogP contribution is 2.27.